The van der Waals surface area contributed by atoms with Crippen LogP contribution in [0.1, 0.15) is 24.8 Å². The summed E-state index contributed by atoms with van der Waals surface area (Å²) in [5, 5.41) is 17.8. The lowest BCUT2D eigenvalue weighted by atomic mass is 10.0. The van der Waals surface area contributed by atoms with Crippen molar-refractivity contribution in [1.82, 2.24) is 0 Å². The third kappa shape index (κ3) is 7.87. The number of aliphatic carboxylic acids is 1. The van der Waals surface area contributed by atoms with Crippen LogP contribution in [-0.2, 0) is 14.3 Å². The molecule has 1 unspecified atom stereocenters. The molecule has 24 heavy (non-hydrogen) atoms. The number of aromatic hydroxyl groups is 1. The Bertz CT molecular complexity index is 557. The van der Waals surface area contributed by atoms with Gasteiger partial charge in [-0.05, 0) is 37.0 Å². The number of nitrogens with two attached hydrogens (primary N) is 2. The lowest BCUT2D eigenvalue weighted by molar-refractivity contribution is -0.138. The molecule has 2 atom stereocenters. The van der Waals surface area contributed by atoms with Crippen LogP contribution in [0.5, 0.6) is 5.75 Å². The molecule has 0 aliphatic carbocycles. The predicted octanol–water partition coefficient (Wildman–Crippen LogP) is 0.901. The van der Waals surface area contributed by atoms with Gasteiger partial charge in [-0.3, -0.25) is 9.59 Å². The number of hydrogen-bond donors (Lipinski definition) is 4. The van der Waals surface area contributed by atoms with Gasteiger partial charge >= 0.3 is 5.97 Å². The molecule has 0 saturated heterocycles. The third-order valence-electron chi connectivity index (χ3n) is 3.42. The molecule has 132 valence electrons. The predicted molar refractivity (Wildman–Crippen MR) is 90.4 cm³/mol. The molecule has 1 rings (SSSR count). The molecule has 0 aliphatic rings. The molecule has 1 aromatic carbocycles. The largest absolute Gasteiger partial charge is 0.508 e. The van der Waals surface area contributed by atoms with Gasteiger partial charge in [0.2, 0.25) is 0 Å². The van der Waals surface area contributed by atoms with E-state index in [1.165, 1.54) is 0 Å². The molecule has 0 radical (unpaired) electrons. The molecule has 0 saturated carbocycles. The fraction of sp³-hybridized carbons (Fsp3) is 0.412. The van der Waals surface area contributed by atoms with Gasteiger partial charge in [0.15, 0.2) is 5.78 Å². The minimum atomic E-state index is -1.06. The first kappa shape index (κ1) is 19.8. The van der Waals surface area contributed by atoms with Gasteiger partial charge in [0, 0.05) is 0 Å². The van der Waals surface area contributed by atoms with Crippen molar-refractivity contribution in [2.24, 2.45) is 11.5 Å². The topological polar surface area (TPSA) is 136 Å². The summed E-state index contributed by atoms with van der Waals surface area (Å²) in [4.78, 5) is 22.3. The number of carboxylic acid groups (broad SMARTS) is 1. The van der Waals surface area contributed by atoms with E-state index in [-0.39, 0.29) is 31.2 Å². The molecule has 0 fully saturated rings. The summed E-state index contributed by atoms with van der Waals surface area (Å²) in [6.45, 7) is 0.176. The van der Waals surface area contributed by atoms with Crippen molar-refractivity contribution < 1.29 is 24.5 Å². The Hall–Kier alpha value is -2.22. The summed E-state index contributed by atoms with van der Waals surface area (Å²) in [5.41, 5.74) is 12.0. The Balaban J connectivity index is 2.18. The Morgan fingerprint density at radius 3 is 2.38 bits per heavy atom. The van der Waals surface area contributed by atoms with Crippen molar-refractivity contribution in [3.8, 4) is 5.75 Å². The summed E-state index contributed by atoms with van der Waals surface area (Å²) in [5.74, 6) is -1.08. The smallest absolute Gasteiger partial charge is 0.320 e. The highest BCUT2D eigenvalue weighted by molar-refractivity contribution is 5.84. The molecule has 0 spiro atoms. The van der Waals surface area contributed by atoms with Crippen LogP contribution in [0.15, 0.2) is 30.3 Å². The van der Waals surface area contributed by atoms with Crippen molar-refractivity contribution in [1.29, 1.82) is 0 Å². The first-order valence-corrected chi connectivity index (χ1v) is 7.70. The van der Waals surface area contributed by atoms with Crippen LogP contribution in [0.25, 0.3) is 6.08 Å². The van der Waals surface area contributed by atoms with Gasteiger partial charge in [-0.25, -0.2) is 0 Å². The number of benzene rings is 1. The van der Waals surface area contributed by atoms with E-state index in [9.17, 15) is 9.59 Å². The Morgan fingerprint density at radius 1 is 1.12 bits per heavy atom. The van der Waals surface area contributed by atoms with Crippen LogP contribution in [0, 0.1) is 0 Å². The number of carboxylic acids is 1. The second kappa shape index (κ2) is 10.5. The van der Waals surface area contributed by atoms with Crippen molar-refractivity contribution in [2.75, 3.05) is 13.2 Å². The molecule has 1 aromatic rings. The highest BCUT2D eigenvalue weighted by Crippen LogP contribution is 2.10. The summed E-state index contributed by atoms with van der Waals surface area (Å²) < 4.78 is 5.24. The zero-order chi connectivity index (χ0) is 17.9. The van der Waals surface area contributed by atoms with Crippen LogP contribution in [-0.4, -0.2) is 47.3 Å². The molecule has 0 aromatic heterocycles. The van der Waals surface area contributed by atoms with Gasteiger partial charge in [0.25, 0.3) is 0 Å². The number of phenolic OH excluding ortho intramolecular Hbond substituents is 1. The number of ketones is 1. The van der Waals surface area contributed by atoms with E-state index >= 15 is 0 Å². The standard InChI is InChI=1S/C17H24N2O5/c18-14(4-1-5-15(19)17(22)23)16(21)11-24-10-2-3-12-6-8-13(20)9-7-12/h2-3,6-9,14-15,20H,1,4-5,10-11,18-19H2,(H,22,23)/b3-2+/t14?,15-/m0/s1. The summed E-state index contributed by atoms with van der Waals surface area (Å²) in [7, 11) is 0. The minimum Gasteiger partial charge on any atom is -0.508 e. The summed E-state index contributed by atoms with van der Waals surface area (Å²) >= 11 is 0. The third-order valence-corrected chi connectivity index (χ3v) is 3.42. The summed E-state index contributed by atoms with van der Waals surface area (Å²) in [6.07, 6.45) is 4.72. The lowest BCUT2D eigenvalue weighted by Gasteiger charge is -2.11. The van der Waals surface area contributed by atoms with Crippen molar-refractivity contribution in [2.45, 2.75) is 31.3 Å². The van der Waals surface area contributed by atoms with Crippen molar-refractivity contribution in [3.05, 3.63) is 35.9 Å². The van der Waals surface area contributed by atoms with Gasteiger partial charge in [-0.2, -0.15) is 0 Å². The van der Waals surface area contributed by atoms with E-state index in [0.717, 1.165) is 5.56 Å². The lowest BCUT2D eigenvalue weighted by Crippen LogP contribution is -2.35. The zero-order valence-electron chi connectivity index (χ0n) is 13.4. The average Bonchev–Trinajstić information content (AvgIpc) is 2.55. The SMILES string of the molecule is NC(CCC[C@H](N)C(=O)O)C(=O)COC/C=C/c1ccc(O)cc1. The van der Waals surface area contributed by atoms with Gasteiger partial charge in [-0.15, -0.1) is 0 Å². The van der Waals surface area contributed by atoms with E-state index in [0.29, 0.717) is 12.8 Å². The number of carbonyl (C=O) groups is 2. The number of carbonyl (C=O) groups excluding carboxylic acids is 1. The molecule has 6 N–H and O–H groups in total. The molecular weight excluding hydrogens is 312 g/mol. The molecule has 0 amide bonds. The number of Topliss-reactive ketones (excluding diaryl/α,β-unsaturated/α-hetero) is 1. The van der Waals surface area contributed by atoms with Crippen LogP contribution < -0.4 is 11.5 Å². The van der Waals surface area contributed by atoms with Gasteiger partial charge in [0.1, 0.15) is 18.4 Å². The maximum Gasteiger partial charge on any atom is 0.320 e. The van der Waals surface area contributed by atoms with Crippen molar-refractivity contribution in [3.63, 3.8) is 0 Å². The average molecular weight is 336 g/mol. The van der Waals surface area contributed by atoms with Crippen LogP contribution in [0.4, 0.5) is 0 Å². The van der Waals surface area contributed by atoms with Gasteiger partial charge in [-0.1, -0.05) is 24.3 Å². The van der Waals surface area contributed by atoms with E-state index in [2.05, 4.69) is 0 Å². The molecule has 0 aliphatic heterocycles. The number of rotatable bonds is 11. The quantitative estimate of drug-likeness (QED) is 0.441. The molecular formula is C17H24N2O5. The molecule has 7 heteroatoms. The highest BCUT2D eigenvalue weighted by Gasteiger charge is 2.16. The summed E-state index contributed by atoms with van der Waals surface area (Å²) in [6, 6.07) is 5.09. The first-order chi connectivity index (χ1) is 11.4. The number of hydrogen-bond acceptors (Lipinski definition) is 6. The van der Waals surface area contributed by atoms with E-state index < -0.39 is 18.1 Å². The van der Waals surface area contributed by atoms with Crippen LogP contribution >= 0.6 is 0 Å². The zero-order valence-corrected chi connectivity index (χ0v) is 13.4. The fourth-order valence-corrected chi connectivity index (χ4v) is 1.95. The Kier molecular flexibility index (Phi) is 8.70. The van der Waals surface area contributed by atoms with Crippen molar-refractivity contribution >= 4 is 17.8 Å². The highest BCUT2D eigenvalue weighted by atomic mass is 16.5. The second-order valence-corrected chi connectivity index (χ2v) is 5.46. The maximum atomic E-state index is 11.8. The maximum absolute atomic E-state index is 11.8. The van der Waals surface area contributed by atoms with E-state index in [4.69, 9.17) is 26.4 Å². The second-order valence-electron chi connectivity index (χ2n) is 5.46. The normalized spacial score (nSPS) is 13.8. The molecule has 0 heterocycles. The monoisotopic (exact) mass is 336 g/mol. The first-order valence-electron chi connectivity index (χ1n) is 7.70. The number of phenols is 1. The Morgan fingerprint density at radius 2 is 1.75 bits per heavy atom. The fourth-order valence-electron chi connectivity index (χ4n) is 1.95. The molecule has 0 bridgehead atoms. The Labute approximate surface area is 140 Å². The van der Waals surface area contributed by atoms with Gasteiger partial charge < -0.3 is 26.4 Å². The van der Waals surface area contributed by atoms with Crippen LogP contribution in [0.3, 0.4) is 0 Å². The minimum absolute atomic E-state index is 0.0912. The van der Waals surface area contributed by atoms with E-state index in [1.54, 1.807) is 30.3 Å². The molecule has 7 nitrogen and oxygen atoms in total. The van der Waals surface area contributed by atoms with Crippen LogP contribution in [0.2, 0.25) is 0 Å². The number of ether oxygens (including phenoxy) is 1. The van der Waals surface area contributed by atoms with E-state index in [1.807, 2.05) is 6.08 Å². The van der Waals surface area contributed by atoms with Gasteiger partial charge in [0.05, 0.1) is 12.6 Å².